The maximum absolute atomic E-state index is 12.8. The molecule has 12 N–H and O–H groups in total. The SMILES string of the molecule is C.C.C.C.C.C.C.C1CCOC1.CCOC(=O)c1n[nH]c2c1CN(C(=O)Nc1cccc(Cl)c1)CC2.CCOC(=O)c1n[nH]c2c1CNCC2.O=C(Nc1cccc(Cl)c1)N1CCc2[nH]nc(C(=O)N3CCCCC3)c2C1.O=C(Nc1cccc(Cl)c1)N1CCc2[nH]nc(C(=O)N3CCOCC3)c2C1.O=C(O)c1n[nH]c2c1CN(C(=O)Nc1cccc(Cl)c1)CC2.O=C=NCc1cccc(Cl)c1.[2H]CC.[Li+].[OH-]. The van der Waals surface area contributed by atoms with Gasteiger partial charge in [0.1, 0.15) is 0 Å². The molecule has 10 aromatic rings. The second-order valence-electron chi connectivity index (χ2n) is 30.4. The number of carbonyl (C=O) groups is 9. The molecule has 13 heterocycles. The molecule has 8 aliphatic heterocycles. The smallest absolute Gasteiger partial charge is 0.870 e. The summed E-state index contributed by atoms with van der Waals surface area (Å²) in [4.78, 5) is 133. The van der Waals surface area contributed by atoms with Gasteiger partial charge in [0.05, 0.1) is 59.2 Å². The van der Waals surface area contributed by atoms with Gasteiger partial charge in [-0.15, -0.1) is 0 Å². The van der Waals surface area contributed by atoms with Crippen molar-refractivity contribution < 1.29 is 97.7 Å². The summed E-state index contributed by atoms with van der Waals surface area (Å²) in [5.41, 5.74) is 13.3. The number of carboxylic acids is 1. The van der Waals surface area contributed by atoms with Crippen molar-refractivity contribution >= 4 is 141 Å². The molecule has 10 amide bonds. The van der Waals surface area contributed by atoms with Crippen molar-refractivity contribution in [2.45, 2.75) is 183 Å². The molecule has 764 valence electrons. The predicted molar refractivity (Wildman–Crippen MR) is 546 cm³/mol. The molecule has 0 atom stereocenters. The van der Waals surface area contributed by atoms with Crippen LogP contribution in [0.4, 0.5) is 41.9 Å². The van der Waals surface area contributed by atoms with Gasteiger partial charge in [-0.05, 0) is 136 Å². The zero-order valence-electron chi connectivity index (χ0n) is 75.5. The van der Waals surface area contributed by atoms with Crippen LogP contribution >= 0.6 is 58.0 Å². The number of hydrogen-bond donors (Lipinski definition) is 11. The summed E-state index contributed by atoms with van der Waals surface area (Å²) in [6, 6.07) is 34.1. The number of aromatic nitrogens is 10. The second-order valence-corrected chi connectivity index (χ2v) is 32.6. The molecule has 44 heteroatoms. The van der Waals surface area contributed by atoms with Gasteiger partial charge in [0.2, 0.25) is 6.08 Å². The molecule has 5 aromatic heterocycles. The number of likely N-dealkylation sites (tertiary alicyclic amines) is 1. The Hall–Kier alpha value is -12.2. The first-order valence-corrected chi connectivity index (χ1v) is 45.0. The number of benzene rings is 5. The Kier molecular flexibility index (Phi) is 55.5. The van der Waals surface area contributed by atoms with Crippen LogP contribution in [0.15, 0.2) is 126 Å². The van der Waals surface area contributed by atoms with Crippen molar-refractivity contribution in [3.63, 3.8) is 0 Å². The van der Waals surface area contributed by atoms with Crippen LogP contribution in [0.2, 0.25) is 25.1 Å². The number of aliphatic imine (C=N–C) groups is 1. The number of nitrogens with zero attached hydrogens (tertiary/aromatic N) is 12. The number of urea groups is 4. The zero-order valence-corrected chi connectivity index (χ0v) is 78.3. The van der Waals surface area contributed by atoms with Crippen molar-refractivity contribution in [2.75, 3.05) is 120 Å². The molecule has 38 nitrogen and oxygen atoms in total. The fourth-order valence-electron chi connectivity index (χ4n) is 14.9. The second kappa shape index (κ2) is 63.6. The van der Waals surface area contributed by atoms with Crippen LogP contribution in [-0.2, 0) is 95.1 Å². The number of ether oxygens (including phenoxy) is 4. The number of anilines is 4. The van der Waals surface area contributed by atoms with Gasteiger partial charge >= 0.3 is 60.9 Å². The minimum Gasteiger partial charge on any atom is -0.870 e. The number of halogens is 5. The molecule has 0 radical (unpaired) electrons. The molecule has 0 bridgehead atoms. The number of esters is 2. The third kappa shape index (κ3) is 36.1. The molecule has 141 heavy (non-hydrogen) atoms. The van der Waals surface area contributed by atoms with E-state index in [0.29, 0.717) is 200 Å². The van der Waals surface area contributed by atoms with E-state index in [4.69, 9.17) is 83.4 Å². The number of nitrogens with one attached hydrogen (secondary N) is 10. The molecule has 18 rings (SSSR count). The Bertz CT molecular complexity index is 5560. The Morgan fingerprint density at radius 1 is 0.426 bits per heavy atom. The van der Waals surface area contributed by atoms with Crippen molar-refractivity contribution in [1.82, 2.24) is 85.7 Å². The Labute approximate surface area is 863 Å². The van der Waals surface area contributed by atoms with E-state index < -0.39 is 11.9 Å². The maximum Gasteiger partial charge on any atom is 1.00 e. The number of piperidine rings is 1. The molecular formula is C97H134Cl5LiN22O16. The van der Waals surface area contributed by atoms with Crippen LogP contribution in [0.5, 0.6) is 0 Å². The van der Waals surface area contributed by atoms with E-state index in [1.165, 1.54) is 25.3 Å². The van der Waals surface area contributed by atoms with Crippen molar-refractivity contribution in [3.05, 3.63) is 237 Å². The van der Waals surface area contributed by atoms with E-state index in [-0.39, 0.29) is 143 Å². The summed E-state index contributed by atoms with van der Waals surface area (Å²) in [5.74, 6) is -2.08. The van der Waals surface area contributed by atoms with E-state index in [9.17, 15) is 47.9 Å². The molecule has 0 aliphatic carbocycles. The number of rotatable bonds is 13. The van der Waals surface area contributed by atoms with Crippen LogP contribution in [-0.4, -0.2) is 249 Å². The fourth-order valence-corrected chi connectivity index (χ4v) is 15.8. The summed E-state index contributed by atoms with van der Waals surface area (Å²) in [7, 11) is 0. The first-order valence-electron chi connectivity index (χ1n) is 43.8. The van der Waals surface area contributed by atoms with E-state index in [1.807, 2.05) is 17.0 Å². The third-order valence-corrected chi connectivity index (χ3v) is 22.7. The summed E-state index contributed by atoms with van der Waals surface area (Å²) < 4.78 is 26.4. The van der Waals surface area contributed by atoms with Gasteiger partial charge in [0.25, 0.3) is 11.8 Å². The van der Waals surface area contributed by atoms with Crippen molar-refractivity contribution in [2.24, 2.45) is 4.99 Å². The van der Waals surface area contributed by atoms with E-state index >= 15 is 0 Å². The topological polar surface area (TPSA) is 493 Å². The van der Waals surface area contributed by atoms with Gasteiger partial charge in [-0.25, -0.2) is 43.3 Å². The molecule has 0 saturated carbocycles. The van der Waals surface area contributed by atoms with Gasteiger partial charge < -0.3 is 85.5 Å². The van der Waals surface area contributed by atoms with Gasteiger partial charge in [-0.2, -0.15) is 25.5 Å². The van der Waals surface area contributed by atoms with Gasteiger partial charge in [-0.1, -0.05) is 160 Å². The fraction of sp³-hybridized carbons (Fsp3) is 0.433. The predicted octanol–water partition coefficient (Wildman–Crippen LogP) is 16.1. The molecule has 0 spiro atoms. The minimum absolute atomic E-state index is 0. The largest absolute Gasteiger partial charge is 1.00 e. The summed E-state index contributed by atoms with van der Waals surface area (Å²) in [6.07, 6.45) is 10.6. The summed E-state index contributed by atoms with van der Waals surface area (Å²) in [6.45, 7) is 17.5. The maximum atomic E-state index is 12.8. The molecule has 0 unspecified atom stereocenters. The number of aromatic carboxylic acids is 1. The van der Waals surface area contributed by atoms with Gasteiger partial charge in [-0.3, -0.25) is 35.1 Å². The molecule has 3 saturated heterocycles. The van der Waals surface area contributed by atoms with E-state index in [2.05, 4.69) is 82.6 Å². The third-order valence-electron chi connectivity index (χ3n) is 21.5. The molecular weight excluding hydrogens is 1910 g/mol. The van der Waals surface area contributed by atoms with Crippen LogP contribution in [0.25, 0.3) is 0 Å². The standard InChI is InChI=1S/C19H22ClN5O2.C18H20ClN5O3.C16H17ClN4O3.C14H13ClN4O3.C9H13N3O2.C8H6ClNO.C4H8O.C2H6.7CH4.Li.H2O/c20-13-5-4-6-14(11-13)21-19(27)25-10-7-16-15(12-25)17(23-22-16)18(26)24-8-2-1-3-9-24;19-12-2-1-3-13(10-12)20-18(26)24-5-4-15-14(11-24)16(22-21-15)17(25)23-6-8-27-9-7-23;1-2-24-15(22)14-12-9-21(7-6-13(12)19-20-14)16(23)18-11-5-3-4-10(17)8-11;15-8-2-1-3-9(6-8)16-14(22)19-5-4-11-10(7-19)12(13(20)21)18-17-11;1-2-14-9(13)8-6-5-10-4-3-7(6)11-12-8;9-8-3-1-2-7(4-8)5-10-6-11;1-2-4-5-3-1;1-2;;;;;;;;;/h4-6,11H,1-3,7-10,12H2,(H,21,27)(H,22,23);1-3,10H,4-9,11H2,(H,20,26)(H,21,22);3-5,8H,2,6-7,9H2,1H3,(H,18,23)(H,19,20);1-3,6H,4-5,7H2,(H,16,22)(H,17,18)(H,20,21);10H,2-5H2,1H3,(H,11,12);1-4H,5H2;1-4H2;1-2H3;7*1H4;;1H2/q;;;;;;;;;;;;;;;+1;/p-1/i;;;;;;;1D;;;;;;;;;. The van der Waals surface area contributed by atoms with E-state index in [1.54, 1.807) is 154 Å². The van der Waals surface area contributed by atoms with Crippen LogP contribution in [0.3, 0.4) is 0 Å². The van der Waals surface area contributed by atoms with E-state index in [0.717, 1.165) is 103 Å². The number of carboxylic acid groups (broad SMARTS) is 1. The average Bonchev–Trinajstić information content (AvgIpc) is 1.63. The number of H-pyrrole nitrogens is 5. The molecule has 5 aromatic carbocycles. The Balaban J connectivity index is 0.000000569. The number of carbonyl (C=O) groups excluding carboxylic acids is 9. The van der Waals surface area contributed by atoms with Gasteiger partial charge in [0.15, 0.2) is 28.5 Å². The zero-order chi connectivity index (χ0) is 94.7. The van der Waals surface area contributed by atoms with Gasteiger partial charge in [0, 0.05) is 216 Å². The number of fused-ring (bicyclic) bond motifs is 5. The average molecular weight is 2050 g/mol. The monoisotopic (exact) mass is 2050 g/mol. The number of isocyanates is 1. The number of aromatic amines is 5. The van der Waals surface area contributed by atoms with Crippen molar-refractivity contribution in [3.8, 4) is 0 Å². The number of morpholine rings is 1. The molecule has 8 aliphatic rings. The van der Waals surface area contributed by atoms with Crippen LogP contribution in [0, 0.1) is 0 Å². The normalized spacial score (nSPS) is 14.0. The minimum atomic E-state index is -1.10. The quantitative estimate of drug-likeness (QED) is 0.0221. The summed E-state index contributed by atoms with van der Waals surface area (Å²) >= 11 is 29.4. The first-order chi connectivity index (χ1) is 64.4. The Morgan fingerprint density at radius 3 is 1.07 bits per heavy atom. The van der Waals surface area contributed by atoms with Crippen molar-refractivity contribution in [1.29, 1.82) is 0 Å². The Morgan fingerprint density at radius 2 is 0.738 bits per heavy atom. The van der Waals surface area contributed by atoms with Crippen LogP contribution in [0.1, 0.15) is 227 Å². The number of hydrogen-bond acceptors (Lipinski definition) is 22. The summed E-state index contributed by atoms with van der Waals surface area (Å²) in [5, 5.41) is 61.1. The van der Waals surface area contributed by atoms with Crippen LogP contribution < -0.4 is 45.4 Å². The molecule has 3 fully saturated rings. The first kappa shape index (κ1) is 123. The number of amides is 10.